The second-order valence-electron chi connectivity index (χ2n) is 4.85. The summed E-state index contributed by atoms with van der Waals surface area (Å²) in [5.41, 5.74) is 8.70. The maximum absolute atomic E-state index is 13.4. The number of rotatable bonds is 4. The van der Waals surface area contributed by atoms with Crippen LogP contribution in [0.1, 0.15) is 22.7 Å². The molecule has 104 valence electrons. The first kappa shape index (κ1) is 14.1. The van der Waals surface area contributed by atoms with Crippen LogP contribution in [0.4, 0.5) is 10.1 Å². The van der Waals surface area contributed by atoms with Crippen molar-refractivity contribution in [2.75, 3.05) is 5.32 Å². The van der Waals surface area contributed by atoms with Crippen LogP contribution < -0.4 is 11.1 Å². The van der Waals surface area contributed by atoms with Crippen LogP contribution in [0.25, 0.3) is 0 Å². The molecule has 3 nitrogen and oxygen atoms in total. The third-order valence-electron chi connectivity index (χ3n) is 3.20. The van der Waals surface area contributed by atoms with E-state index in [4.69, 9.17) is 5.73 Å². The minimum Gasteiger partial charge on any atom is -0.370 e. The molecule has 0 aromatic heterocycles. The number of nitrogens with two attached hydrogens (primary N) is 1. The summed E-state index contributed by atoms with van der Waals surface area (Å²) in [5.74, 6) is -0.929. The molecule has 0 saturated heterocycles. The molecule has 0 aliphatic carbocycles. The lowest BCUT2D eigenvalue weighted by molar-refractivity contribution is -0.118. The van der Waals surface area contributed by atoms with Crippen molar-refractivity contribution < 1.29 is 9.18 Å². The first-order valence-electron chi connectivity index (χ1n) is 6.36. The van der Waals surface area contributed by atoms with E-state index in [9.17, 15) is 9.18 Å². The number of carbonyl (C=O) groups excluding carboxylic acids is 1. The fourth-order valence-electron chi connectivity index (χ4n) is 2.04. The van der Waals surface area contributed by atoms with Crippen LogP contribution in [0.2, 0.25) is 0 Å². The van der Waals surface area contributed by atoms with Gasteiger partial charge in [0.2, 0.25) is 5.91 Å². The molecule has 0 aliphatic heterocycles. The smallest absolute Gasteiger partial charge is 0.244 e. The van der Waals surface area contributed by atoms with Gasteiger partial charge >= 0.3 is 0 Å². The van der Waals surface area contributed by atoms with Gasteiger partial charge in [-0.3, -0.25) is 4.79 Å². The molecule has 3 N–H and O–H groups in total. The Balaban J connectivity index is 2.34. The van der Waals surface area contributed by atoms with Gasteiger partial charge in [0.1, 0.15) is 11.9 Å². The quantitative estimate of drug-likeness (QED) is 0.898. The lowest BCUT2D eigenvalue weighted by atomic mass is 10.00. The maximum atomic E-state index is 13.4. The molecule has 4 heteroatoms. The van der Waals surface area contributed by atoms with Crippen molar-refractivity contribution in [1.29, 1.82) is 0 Å². The highest BCUT2D eigenvalue weighted by Crippen LogP contribution is 2.23. The number of amides is 1. The summed E-state index contributed by atoms with van der Waals surface area (Å²) in [6.07, 6.45) is 0. The minimum absolute atomic E-state index is 0.387. The van der Waals surface area contributed by atoms with Gasteiger partial charge in [-0.05, 0) is 49.2 Å². The molecule has 1 atom stereocenters. The zero-order valence-corrected chi connectivity index (χ0v) is 11.5. The van der Waals surface area contributed by atoms with Crippen molar-refractivity contribution in [2.45, 2.75) is 19.9 Å². The molecule has 1 amide bonds. The maximum Gasteiger partial charge on any atom is 0.244 e. The lowest BCUT2D eigenvalue weighted by Crippen LogP contribution is -2.28. The predicted octanol–water partition coefficient (Wildman–Crippen LogP) is 3.08. The molecule has 20 heavy (non-hydrogen) atoms. The lowest BCUT2D eigenvalue weighted by Gasteiger charge is -2.19. The first-order valence-corrected chi connectivity index (χ1v) is 6.36. The van der Waals surface area contributed by atoms with Crippen LogP contribution in [-0.4, -0.2) is 5.91 Å². The zero-order valence-electron chi connectivity index (χ0n) is 11.5. The van der Waals surface area contributed by atoms with Gasteiger partial charge < -0.3 is 11.1 Å². The normalized spacial score (nSPS) is 11.9. The van der Waals surface area contributed by atoms with Crippen LogP contribution in [0.5, 0.6) is 0 Å². The van der Waals surface area contributed by atoms with Crippen LogP contribution >= 0.6 is 0 Å². The number of aryl methyl sites for hydroxylation is 2. The van der Waals surface area contributed by atoms with Gasteiger partial charge in [0, 0.05) is 5.69 Å². The third kappa shape index (κ3) is 3.15. The topological polar surface area (TPSA) is 55.1 Å². The van der Waals surface area contributed by atoms with E-state index in [0.29, 0.717) is 5.56 Å². The summed E-state index contributed by atoms with van der Waals surface area (Å²) < 4.78 is 13.4. The molecule has 2 aromatic carbocycles. The Morgan fingerprint density at radius 3 is 2.40 bits per heavy atom. The van der Waals surface area contributed by atoms with Crippen LogP contribution in [-0.2, 0) is 4.79 Å². The van der Waals surface area contributed by atoms with E-state index in [1.54, 1.807) is 6.07 Å². The van der Waals surface area contributed by atoms with Gasteiger partial charge in [0.15, 0.2) is 0 Å². The zero-order chi connectivity index (χ0) is 14.7. The molecular weight excluding hydrogens is 255 g/mol. The number of carbonyl (C=O) groups is 1. The Morgan fingerprint density at radius 1 is 1.15 bits per heavy atom. The van der Waals surface area contributed by atoms with E-state index in [2.05, 4.69) is 5.32 Å². The largest absolute Gasteiger partial charge is 0.370 e. The van der Waals surface area contributed by atoms with Crippen LogP contribution in [0.15, 0.2) is 42.5 Å². The van der Waals surface area contributed by atoms with E-state index >= 15 is 0 Å². The summed E-state index contributed by atoms with van der Waals surface area (Å²) in [6.45, 7) is 3.80. The van der Waals surface area contributed by atoms with Crippen molar-refractivity contribution in [2.24, 2.45) is 5.73 Å². The van der Waals surface area contributed by atoms with Crippen LogP contribution in [0, 0.1) is 19.7 Å². The average Bonchev–Trinajstić information content (AvgIpc) is 2.41. The highest BCUT2D eigenvalue weighted by atomic mass is 19.1. The first-order chi connectivity index (χ1) is 9.47. The molecule has 0 radical (unpaired) electrons. The SMILES string of the molecule is Cc1ccc(NC(C(N)=O)c2cc(F)ccc2C)cc1. The summed E-state index contributed by atoms with van der Waals surface area (Å²) in [6, 6.07) is 11.2. The van der Waals surface area contributed by atoms with E-state index in [-0.39, 0.29) is 5.82 Å². The monoisotopic (exact) mass is 272 g/mol. The number of hydrogen-bond acceptors (Lipinski definition) is 2. The van der Waals surface area contributed by atoms with Crippen molar-refractivity contribution in [1.82, 2.24) is 0 Å². The number of anilines is 1. The second-order valence-corrected chi connectivity index (χ2v) is 4.85. The van der Waals surface area contributed by atoms with Crippen molar-refractivity contribution in [3.63, 3.8) is 0 Å². The van der Waals surface area contributed by atoms with E-state index in [1.807, 2.05) is 38.1 Å². The third-order valence-corrected chi connectivity index (χ3v) is 3.20. The van der Waals surface area contributed by atoms with E-state index in [1.165, 1.54) is 12.1 Å². The standard InChI is InChI=1S/C16H17FN2O/c1-10-3-7-13(8-4-10)19-15(16(18)20)14-9-12(17)6-5-11(14)2/h3-9,15,19H,1-2H3,(H2,18,20). The molecule has 0 spiro atoms. The summed E-state index contributed by atoms with van der Waals surface area (Å²) in [5, 5.41) is 3.05. The van der Waals surface area contributed by atoms with Gasteiger partial charge in [-0.2, -0.15) is 0 Å². The Labute approximate surface area is 117 Å². The molecular formula is C16H17FN2O. The predicted molar refractivity (Wildman–Crippen MR) is 77.9 cm³/mol. The van der Waals surface area contributed by atoms with E-state index in [0.717, 1.165) is 16.8 Å². The Morgan fingerprint density at radius 2 is 1.80 bits per heavy atom. The van der Waals surface area contributed by atoms with Crippen LogP contribution in [0.3, 0.4) is 0 Å². The molecule has 0 aliphatic rings. The summed E-state index contributed by atoms with van der Waals surface area (Å²) in [7, 11) is 0. The Kier molecular flexibility index (Phi) is 4.03. The van der Waals surface area contributed by atoms with Gasteiger partial charge in [0.05, 0.1) is 0 Å². The Hall–Kier alpha value is -2.36. The number of primary amides is 1. The molecule has 0 bridgehead atoms. The number of nitrogens with one attached hydrogen (secondary N) is 1. The van der Waals surface area contributed by atoms with Gasteiger partial charge in [-0.1, -0.05) is 23.8 Å². The minimum atomic E-state index is -0.756. The molecule has 0 heterocycles. The van der Waals surface area contributed by atoms with E-state index < -0.39 is 11.9 Å². The molecule has 2 rings (SSSR count). The second kappa shape index (κ2) is 5.74. The number of halogens is 1. The van der Waals surface area contributed by atoms with Crippen molar-refractivity contribution in [3.8, 4) is 0 Å². The van der Waals surface area contributed by atoms with Crippen molar-refractivity contribution in [3.05, 3.63) is 65.0 Å². The molecule has 0 fully saturated rings. The van der Waals surface area contributed by atoms with Gasteiger partial charge in [0.25, 0.3) is 0 Å². The average molecular weight is 272 g/mol. The van der Waals surface area contributed by atoms with Gasteiger partial charge in [-0.25, -0.2) is 4.39 Å². The summed E-state index contributed by atoms with van der Waals surface area (Å²) in [4.78, 5) is 11.7. The fraction of sp³-hybridized carbons (Fsp3) is 0.188. The Bertz CT molecular complexity index is 623. The molecule has 2 aromatic rings. The summed E-state index contributed by atoms with van der Waals surface area (Å²) >= 11 is 0. The molecule has 1 unspecified atom stereocenters. The fourth-order valence-corrected chi connectivity index (χ4v) is 2.04. The van der Waals surface area contributed by atoms with Gasteiger partial charge in [-0.15, -0.1) is 0 Å². The highest BCUT2D eigenvalue weighted by molar-refractivity contribution is 5.84. The number of hydrogen-bond donors (Lipinski definition) is 2. The molecule has 0 saturated carbocycles. The number of benzene rings is 2. The highest BCUT2D eigenvalue weighted by Gasteiger charge is 2.20. The van der Waals surface area contributed by atoms with Crippen molar-refractivity contribution >= 4 is 11.6 Å².